The molecule has 2 heterocycles. The van der Waals surface area contributed by atoms with Gasteiger partial charge in [0.2, 0.25) is 0 Å². The van der Waals surface area contributed by atoms with E-state index in [1.165, 1.54) is 31.1 Å². The third kappa shape index (κ3) is 6.83. The molecule has 1 unspecified atom stereocenters. The summed E-state index contributed by atoms with van der Waals surface area (Å²) in [5.74, 6) is 1.38. The zero-order valence-corrected chi connectivity index (χ0v) is 41.8. The molecule has 0 bridgehead atoms. The average molecular weight is 926 g/mol. The first kappa shape index (κ1) is 37.0. The van der Waals surface area contributed by atoms with Gasteiger partial charge in [0.1, 0.15) is 39.1 Å². The number of hydrogen-bond donors (Lipinski definition) is 0. The summed E-state index contributed by atoms with van der Waals surface area (Å²) in [5, 5.41) is 8.95. The van der Waals surface area contributed by atoms with Gasteiger partial charge in [-0.2, -0.15) is 0 Å². The fraction of sp³-hybridized carbons (Fsp3) is 0.226. The summed E-state index contributed by atoms with van der Waals surface area (Å²) in [4.78, 5) is 0. The van der Waals surface area contributed by atoms with Crippen molar-refractivity contribution in [3.8, 4) is 45.3 Å². The van der Waals surface area contributed by atoms with Crippen molar-refractivity contribution < 1.29 is 16.3 Å². The number of fused-ring (bicyclic) bond motifs is 4. The van der Waals surface area contributed by atoms with Crippen LogP contribution in [-0.4, -0.2) is 24.2 Å². The van der Waals surface area contributed by atoms with E-state index in [1.54, 1.807) is 0 Å². The van der Waals surface area contributed by atoms with E-state index in [9.17, 15) is 2.74 Å². The smallest absolute Gasteiger partial charge is 0.179 e. The van der Waals surface area contributed by atoms with Crippen LogP contribution in [0.2, 0.25) is 26.1 Å². The molecule has 2 fully saturated rings. The van der Waals surface area contributed by atoms with Crippen LogP contribution in [0.1, 0.15) is 81.1 Å². The summed E-state index contributed by atoms with van der Waals surface area (Å²) in [7, 11) is -8.79. The van der Waals surface area contributed by atoms with Crippen LogP contribution in [0.15, 0.2) is 182 Å². The molecule has 2 aliphatic carbocycles. The van der Waals surface area contributed by atoms with E-state index in [1.807, 2.05) is 42.9 Å². The molecule has 2 aliphatic heterocycles. The van der Waals surface area contributed by atoms with Gasteiger partial charge in [-0.25, -0.2) is 0 Å². The lowest BCUT2D eigenvalue weighted by Crippen LogP contribution is -2.74. The molecule has 4 aliphatic rings. The van der Waals surface area contributed by atoms with E-state index in [2.05, 4.69) is 159 Å². The van der Waals surface area contributed by atoms with Crippen LogP contribution in [0.5, 0.6) is 23.0 Å². The largest absolute Gasteiger partial charge is 0.457 e. The summed E-state index contributed by atoms with van der Waals surface area (Å²) >= 11 is 0. The lowest BCUT2D eigenvalue weighted by Gasteiger charge is -2.37. The van der Waals surface area contributed by atoms with Crippen LogP contribution in [0.4, 0.5) is 0 Å². The Labute approximate surface area is 407 Å². The van der Waals surface area contributed by atoms with Gasteiger partial charge >= 0.3 is 0 Å². The van der Waals surface area contributed by atoms with Gasteiger partial charge in [0.05, 0.1) is 0 Å². The Morgan fingerprint density at radius 1 is 0.418 bits per heavy atom. The fourth-order valence-corrected chi connectivity index (χ4v) is 22.3. The zero-order chi connectivity index (χ0) is 49.7. The first-order chi connectivity index (χ1) is 34.7. The van der Waals surface area contributed by atoms with Crippen molar-refractivity contribution >= 4 is 65.7 Å². The van der Waals surface area contributed by atoms with Crippen molar-refractivity contribution in [2.24, 2.45) is 0 Å². The number of rotatable bonds is 8. The molecule has 0 radical (unpaired) electrons. The second-order valence-corrected chi connectivity index (χ2v) is 31.4. The second-order valence-electron chi connectivity index (χ2n) is 19.9. The van der Waals surface area contributed by atoms with Gasteiger partial charge < -0.3 is 9.47 Å². The molecule has 1 atom stereocenters. The van der Waals surface area contributed by atoms with Crippen LogP contribution in [0.3, 0.4) is 0 Å². The highest BCUT2D eigenvalue weighted by Crippen LogP contribution is 2.46. The predicted molar refractivity (Wildman–Crippen MR) is 290 cm³/mol. The maximum absolute atomic E-state index is 10.5. The first-order valence-corrected chi connectivity index (χ1v) is 31.9. The minimum Gasteiger partial charge on any atom is -0.457 e. The Kier molecular flexibility index (Phi) is 9.21. The summed E-state index contributed by atoms with van der Waals surface area (Å²) in [6.07, 6.45) is 6.95. The van der Waals surface area contributed by atoms with Gasteiger partial charge in [0.25, 0.3) is 0 Å². The molecular weight excluding hydrogens is 861 g/mol. The predicted octanol–water partition coefficient (Wildman–Crippen LogP) is 11.6. The van der Waals surface area contributed by atoms with Crippen molar-refractivity contribution in [3.63, 3.8) is 0 Å². The zero-order valence-electron chi connectivity index (χ0n) is 43.8. The van der Waals surface area contributed by atoms with Crippen molar-refractivity contribution in [2.45, 2.75) is 89.3 Å². The SMILES string of the molecule is [2H]C1(c2cc([Si](c3ccccc3)(c3ccccc3)c3ccc(-c4cccc5c4Oc4ccccc4[Si]5(C)C([2H])([2H])[2H])c(C4([2H])CCCC4)c3)ccc2-c2cccc3c2Oc2ccccc2[Si]3(C)C)CCCC1. The molecule has 2 saturated carbocycles. The number of benzene rings is 8. The minimum absolute atomic E-state index is 0.603. The van der Waals surface area contributed by atoms with E-state index >= 15 is 0 Å². The van der Waals surface area contributed by atoms with Crippen molar-refractivity contribution in [3.05, 3.63) is 193 Å². The molecule has 8 aromatic rings. The molecule has 0 aromatic heterocycles. The standard InChI is InChI=1S/C62H60O2Si3/c1-65(2)57-33-17-15-31-55(57)63-61-51(29-19-35-59(61)65)49-39-37-47(41-53(49)43-21-11-12-22-43)67(45-25-7-5-8-26-45,46-27-9-6-10-28-46)48-38-40-50(54(42-48)44-23-13-14-24-44)52-30-20-36-60-62(52)64-56-32-16-18-34-58(56)66(60,3)4/h5-10,15-20,25-44H,11-14,21-24H2,1-4H3/i1D3,43D,44D. The van der Waals surface area contributed by atoms with Crippen LogP contribution in [0, 0.1) is 0 Å². The second kappa shape index (κ2) is 16.7. The topological polar surface area (TPSA) is 18.5 Å². The molecule has 0 spiro atoms. The molecule has 0 N–H and O–H groups in total. The fourth-order valence-electron chi connectivity index (χ4n) is 12.3. The molecule has 5 heteroatoms. The monoisotopic (exact) mass is 925 g/mol. The van der Waals surface area contributed by atoms with Crippen LogP contribution >= 0.6 is 0 Å². The molecule has 332 valence electrons. The molecule has 12 rings (SSSR count). The Morgan fingerprint density at radius 2 is 0.821 bits per heavy atom. The van der Waals surface area contributed by atoms with Crippen molar-refractivity contribution in [1.82, 2.24) is 0 Å². The highest BCUT2D eigenvalue weighted by Gasteiger charge is 2.44. The lowest BCUT2D eigenvalue weighted by atomic mass is 9.89. The maximum Gasteiger partial charge on any atom is 0.179 e. The van der Waals surface area contributed by atoms with E-state index < -0.39 is 42.5 Å². The van der Waals surface area contributed by atoms with Crippen LogP contribution < -0.4 is 51.0 Å². The highest BCUT2D eigenvalue weighted by molar-refractivity contribution is 7.20. The quantitative estimate of drug-likeness (QED) is 0.112. The van der Waals surface area contributed by atoms with Gasteiger partial charge in [0, 0.05) is 18.0 Å². The van der Waals surface area contributed by atoms with Crippen molar-refractivity contribution in [2.75, 3.05) is 0 Å². The van der Waals surface area contributed by atoms with Gasteiger partial charge in [-0.05, 0) is 113 Å². The van der Waals surface area contributed by atoms with Gasteiger partial charge in [-0.1, -0.05) is 222 Å². The van der Waals surface area contributed by atoms with E-state index in [-0.39, 0.29) is 0 Å². The maximum atomic E-state index is 10.5. The van der Waals surface area contributed by atoms with Gasteiger partial charge in [-0.15, -0.1) is 0 Å². The summed E-state index contributed by atoms with van der Waals surface area (Å²) in [5.41, 5.74) is 5.88. The highest BCUT2D eigenvalue weighted by atomic mass is 28.3. The Bertz CT molecular complexity index is 3360. The van der Waals surface area contributed by atoms with Crippen LogP contribution in [-0.2, 0) is 0 Å². The normalized spacial score (nSPS) is 20.8. The number of para-hydroxylation sites is 4. The number of hydrogen-bond acceptors (Lipinski definition) is 2. The molecule has 0 amide bonds. The molecule has 0 saturated heterocycles. The Hall–Kier alpha value is -5.99. The average Bonchev–Trinajstić information content (AvgIpc) is 4.06. The molecule has 67 heavy (non-hydrogen) atoms. The first-order valence-electron chi connectivity index (χ1n) is 26.9. The van der Waals surface area contributed by atoms with E-state index in [0.717, 1.165) is 107 Å². The minimum atomic E-state index is -3.35. The van der Waals surface area contributed by atoms with Gasteiger partial charge in [-0.3, -0.25) is 0 Å². The summed E-state index contributed by atoms with van der Waals surface area (Å²) in [6, 6.07) is 65.0. The van der Waals surface area contributed by atoms with Gasteiger partial charge in [0.15, 0.2) is 8.07 Å². The molecular formula is C62H60O2Si3. The third-order valence-electron chi connectivity index (χ3n) is 15.7. The summed E-state index contributed by atoms with van der Waals surface area (Å²) in [6.45, 7) is 4.57. The van der Waals surface area contributed by atoms with E-state index in [0.29, 0.717) is 11.5 Å². The van der Waals surface area contributed by atoms with Crippen LogP contribution in [0.25, 0.3) is 22.3 Å². The Balaban J connectivity index is 1.12. The Morgan fingerprint density at radius 3 is 1.28 bits per heavy atom. The number of ether oxygens (including phenoxy) is 2. The summed E-state index contributed by atoms with van der Waals surface area (Å²) < 4.78 is 61.9. The van der Waals surface area contributed by atoms with Crippen molar-refractivity contribution in [1.29, 1.82) is 0 Å². The van der Waals surface area contributed by atoms with E-state index in [4.69, 9.17) is 13.6 Å². The molecule has 2 nitrogen and oxygen atoms in total. The third-order valence-corrected chi connectivity index (χ3v) is 26.9. The molecule has 8 aromatic carbocycles. The lowest BCUT2D eigenvalue weighted by molar-refractivity contribution is 0.488.